The molecule has 0 heterocycles. The molecule has 4 nitrogen and oxygen atoms in total. The lowest BCUT2D eigenvalue weighted by Crippen LogP contribution is -2.13. The molecule has 4 heteroatoms. The smallest absolute Gasteiger partial charge is 0.306 e. The minimum absolute atomic E-state index is 2.31. The molecule has 0 bridgehead atoms. The molecule has 0 aromatic carbocycles. The van der Waals surface area contributed by atoms with Crippen LogP contribution in [0.1, 0.15) is 21.4 Å². The zero-order valence-electron chi connectivity index (χ0n) is 10.2. The standard InChI is InChI=1S/C5H8O4/c1-3(5(8)9)2-4(6)7/h3H,2H2,1H3,(H,6,7)(H,8,9)/i1D3,2D2,3D. The predicted molar refractivity (Wildman–Crippen MR) is 29.1 cm³/mol. The van der Waals surface area contributed by atoms with Crippen LogP contribution in [0.15, 0.2) is 0 Å². The van der Waals surface area contributed by atoms with E-state index in [2.05, 4.69) is 0 Å². The van der Waals surface area contributed by atoms with Crippen LogP contribution in [0, 0.1) is 5.89 Å². The molecule has 0 fully saturated rings. The average Bonchev–Trinajstić information content (AvgIpc) is 1.99. The lowest BCUT2D eigenvalue weighted by molar-refractivity contribution is -0.147. The molecule has 0 aliphatic carbocycles. The van der Waals surface area contributed by atoms with E-state index in [1.54, 1.807) is 0 Å². The molecule has 1 atom stereocenters. The molecule has 0 aliphatic rings. The summed E-state index contributed by atoms with van der Waals surface area (Å²) in [7, 11) is 0. The Bertz CT molecular complexity index is 296. The molecule has 9 heavy (non-hydrogen) atoms. The highest BCUT2D eigenvalue weighted by Gasteiger charge is 2.13. The van der Waals surface area contributed by atoms with Gasteiger partial charge in [0.2, 0.25) is 0 Å². The molecule has 0 spiro atoms. The monoisotopic (exact) mass is 138 g/mol. The van der Waals surface area contributed by atoms with E-state index >= 15 is 0 Å². The Morgan fingerprint density at radius 2 is 2.44 bits per heavy atom. The molecule has 0 rings (SSSR count). The van der Waals surface area contributed by atoms with Crippen molar-refractivity contribution < 1.29 is 28.0 Å². The van der Waals surface area contributed by atoms with Crippen molar-refractivity contribution in [2.45, 2.75) is 13.2 Å². The molecule has 1 unspecified atom stereocenters. The van der Waals surface area contributed by atoms with Crippen LogP contribution in [0.4, 0.5) is 0 Å². The van der Waals surface area contributed by atoms with Gasteiger partial charge in [-0.2, -0.15) is 0 Å². The lowest BCUT2D eigenvalue weighted by atomic mass is 10.1. The number of rotatable bonds is 3. The van der Waals surface area contributed by atoms with E-state index in [1.807, 2.05) is 0 Å². The normalized spacial score (nSPS) is 28.9. The first-order valence-corrected chi connectivity index (χ1v) is 1.86. The summed E-state index contributed by atoms with van der Waals surface area (Å²) in [6.07, 6.45) is -3.72. The van der Waals surface area contributed by atoms with Crippen molar-refractivity contribution in [3.05, 3.63) is 0 Å². The van der Waals surface area contributed by atoms with Crippen LogP contribution in [-0.2, 0) is 9.59 Å². The Morgan fingerprint density at radius 1 is 1.89 bits per heavy atom. The van der Waals surface area contributed by atoms with Gasteiger partial charge >= 0.3 is 11.9 Å². The van der Waals surface area contributed by atoms with Crippen LogP contribution >= 0.6 is 0 Å². The van der Waals surface area contributed by atoms with Crippen molar-refractivity contribution >= 4 is 11.9 Å². The molecule has 0 saturated carbocycles. The van der Waals surface area contributed by atoms with Gasteiger partial charge in [-0.25, -0.2) is 0 Å². The quantitative estimate of drug-likeness (QED) is 0.583. The number of carboxylic acid groups (broad SMARTS) is 2. The average molecular weight is 138 g/mol. The maximum absolute atomic E-state index is 10.6. The second kappa shape index (κ2) is 3.06. The highest BCUT2D eigenvalue weighted by atomic mass is 16.4. The Kier molecular flexibility index (Phi) is 0.777. The molecule has 2 N–H and O–H groups in total. The third kappa shape index (κ3) is 3.52. The first kappa shape index (κ1) is 2.28. The van der Waals surface area contributed by atoms with E-state index in [9.17, 15) is 9.59 Å². The van der Waals surface area contributed by atoms with Gasteiger partial charge in [-0.15, -0.1) is 0 Å². The minimum Gasteiger partial charge on any atom is -0.481 e. The Hall–Kier alpha value is -1.06. The van der Waals surface area contributed by atoms with Crippen LogP contribution in [0.25, 0.3) is 0 Å². The second-order valence-electron chi connectivity index (χ2n) is 1.11. The van der Waals surface area contributed by atoms with Crippen molar-refractivity contribution in [1.82, 2.24) is 0 Å². The van der Waals surface area contributed by atoms with Gasteiger partial charge in [-0.3, -0.25) is 9.59 Å². The zero-order valence-corrected chi connectivity index (χ0v) is 4.21. The highest BCUT2D eigenvalue weighted by Crippen LogP contribution is 1.99. The van der Waals surface area contributed by atoms with Crippen molar-refractivity contribution in [2.24, 2.45) is 5.89 Å². The van der Waals surface area contributed by atoms with Gasteiger partial charge in [-0.1, -0.05) is 6.85 Å². The zero-order chi connectivity index (χ0) is 12.7. The Labute approximate surface area is 60.5 Å². The molecule has 0 radical (unpaired) electrons. The maximum atomic E-state index is 10.6. The number of hydrogen-bond donors (Lipinski definition) is 2. The van der Waals surface area contributed by atoms with Crippen molar-refractivity contribution in [3.63, 3.8) is 0 Å². The topological polar surface area (TPSA) is 74.6 Å². The fourth-order valence-corrected chi connectivity index (χ4v) is 0.160. The third-order valence-corrected chi connectivity index (χ3v) is 0.446. The molecule has 52 valence electrons. The minimum atomic E-state index is -3.74. The summed E-state index contributed by atoms with van der Waals surface area (Å²) >= 11 is 0. The van der Waals surface area contributed by atoms with Gasteiger partial charge < -0.3 is 10.2 Å². The van der Waals surface area contributed by atoms with Crippen LogP contribution in [0.3, 0.4) is 0 Å². The van der Waals surface area contributed by atoms with Gasteiger partial charge in [0.15, 0.2) is 0 Å². The Morgan fingerprint density at radius 3 is 2.56 bits per heavy atom. The first-order valence-electron chi connectivity index (χ1n) is 4.86. The fourth-order valence-electron chi connectivity index (χ4n) is 0.160. The number of carboxylic acids is 2. The van der Waals surface area contributed by atoms with Gasteiger partial charge in [0, 0.05) is 8.22 Å². The molecule has 0 saturated heterocycles. The summed E-state index contributed by atoms with van der Waals surface area (Å²) in [6.45, 7) is -3.60. The molecule has 0 aromatic rings. The Balaban J connectivity index is 5.73. The molecular weight excluding hydrogens is 124 g/mol. The van der Waals surface area contributed by atoms with E-state index in [-0.39, 0.29) is 0 Å². The van der Waals surface area contributed by atoms with Gasteiger partial charge in [0.25, 0.3) is 0 Å². The van der Waals surface area contributed by atoms with Crippen molar-refractivity contribution in [3.8, 4) is 0 Å². The summed E-state index contributed by atoms with van der Waals surface area (Å²) in [5.41, 5.74) is 0. The fraction of sp³-hybridized carbons (Fsp3) is 0.600. The van der Waals surface area contributed by atoms with Gasteiger partial charge in [-0.05, 0) is 0 Å². The van der Waals surface area contributed by atoms with E-state index in [1.165, 1.54) is 0 Å². The van der Waals surface area contributed by atoms with Gasteiger partial charge in [0.1, 0.15) is 0 Å². The summed E-state index contributed by atoms with van der Waals surface area (Å²) in [4.78, 5) is 21.0. The second-order valence-corrected chi connectivity index (χ2v) is 1.11. The number of aliphatic carboxylic acids is 2. The number of hydrogen-bond acceptors (Lipinski definition) is 2. The molecule has 0 aromatic heterocycles. The largest absolute Gasteiger partial charge is 0.481 e. The lowest BCUT2D eigenvalue weighted by Gasteiger charge is -1.98. The predicted octanol–water partition coefficient (Wildman–Crippen LogP) is 0.182. The van der Waals surface area contributed by atoms with E-state index in [0.717, 1.165) is 0 Å². The van der Waals surface area contributed by atoms with Crippen LogP contribution in [0.5, 0.6) is 0 Å². The third-order valence-electron chi connectivity index (χ3n) is 0.446. The van der Waals surface area contributed by atoms with E-state index in [0.29, 0.717) is 0 Å². The SMILES string of the molecule is [2H]C([2H])([2H])C([2H])(C(=O)O)C([2H])([2H])C(=O)O. The van der Waals surface area contributed by atoms with Crippen molar-refractivity contribution in [2.75, 3.05) is 0 Å². The summed E-state index contributed by atoms with van der Waals surface area (Å²) < 4.78 is 40.9. The highest BCUT2D eigenvalue weighted by molar-refractivity contribution is 5.77. The van der Waals surface area contributed by atoms with Crippen LogP contribution in [0.2, 0.25) is 0 Å². The summed E-state index contributed by atoms with van der Waals surface area (Å²) in [5, 5.41) is 16.9. The van der Waals surface area contributed by atoms with E-state index < -0.39 is 31.1 Å². The first-order chi connectivity index (χ1) is 6.39. The summed E-state index contributed by atoms with van der Waals surface area (Å²) in [5.74, 6) is -8.41. The van der Waals surface area contributed by atoms with Crippen molar-refractivity contribution in [1.29, 1.82) is 0 Å². The van der Waals surface area contributed by atoms with Crippen LogP contribution < -0.4 is 0 Å². The van der Waals surface area contributed by atoms with E-state index in [4.69, 9.17) is 18.4 Å². The van der Waals surface area contributed by atoms with Gasteiger partial charge in [0.05, 0.1) is 12.3 Å². The number of carbonyl (C=O) groups is 2. The summed E-state index contributed by atoms with van der Waals surface area (Å²) in [6, 6.07) is 0. The molecule has 0 aliphatic heterocycles. The van der Waals surface area contributed by atoms with Crippen LogP contribution in [-0.4, -0.2) is 22.2 Å². The molecule has 0 amide bonds. The molecular formula is C5H8O4. The maximum Gasteiger partial charge on any atom is 0.306 e.